The molecule has 0 bridgehead atoms. The lowest BCUT2D eigenvalue weighted by Gasteiger charge is -2.39. The van der Waals surface area contributed by atoms with Crippen LogP contribution >= 0.6 is 0 Å². The molecule has 0 atom stereocenters. The van der Waals surface area contributed by atoms with Crippen LogP contribution in [0.3, 0.4) is 0 Å². The van der Waals surface area contributed by atoms with Crippen LogP contribution in [0.2, 0.25) is 0 Å². The van der Waals surface area contributed by atoms with Gasteiger partial charge in [-0.25, -0.2) is 0 Å². The second-order valence-corrected chi connectivity index (χ2v) is 5.65. The molecule has 0 spiro atoms. The fraction of sp³-hybridized carbons (Fsp3) is 1.00. The molecular formula is C16H39F4N. The van der Waals surface area contributed by atoms with E-state index in [1.807, 2.05) is 0 Å². The molecule has 0 radical (unpaired) electrons. The Bertz CT molecular complexity index is 137. The number of halogens is 4. The number of nitrogens with zero attached hydrogens (tertiary/aromatic N) is 1. The molecular weight excluding hydrogens is 282 g/mol. The van der Waals surface area contributed by atoms with E-state index < -0.39 is 0 Å². The summed E-state index contributed by atoms with van der Waals surface area (Å²) in [6, 6.07) is 0. The summed E-state index contributed by atoms with van der Waals surface area (Å²) < 4.78 is 1.42. The molecule has 0 saturated heterocycles. The van der Waals surface area contributed by atoms with Gasteiger partial charge in [0.15, 0.2) is 0 Å². The third-order valence-corrected chi connectivity index (χ3v) is 3.94. The van der Waals surface area contributed by atoms with Crippen molar-refractivity contribution in [2.75, 3.05) is 26.2 Å². The second-order valence-electron chi connectivity index (χ2n) is 5.65. The molecule has 21 heavy (non-hydrogen) atoms. The van der Waals surface area contributed by atoms with Crippen LogP contribution in [-0.4, -0.2) is 30.7 Å². The van der Waals surface area contributed by atoms with Gasteiger partial charge in [-0.3, -0.25) is 9.41 Å². The summed E-state index contributed by atoms with van der Waals surface area (Å²) in [5.74, 6) is 0. The maximum Gasteiger partial charge on any atom is 1.00 e. The molecule has 5 heteroatoms. The zero-order chi connectivity index (χ0) is 13.0. The topological polar surface area (TPSA) is 0 Å². The van der Waals surface area contributed by atoms with E-state index in [2.05, 4.69) is 27.7 Å². The number of unbranched alkanes of at least 4 members (excludes halogenated alkanes) is 4. The van der Waals surface area contributed by atoms with Crippen LogP contribution in [-0.2, 0) is 0 Å². The first-order chi connectivity index (χ1) is 8.24. The van der Waals surface area contributed by atoms with Gasteiger partial charge in [-0.1, -0.05) is 53.4 Å². The largest absolute Gasteiger partial charge is 1.00 e. The summed E-state index contributed by atoms with van der Waals surface area (Å²) >= 11 is 0. The van der Waals surface area contributed by atoms with Crippen LogP contribution in [0.1, 0.15) is 80.5 Å². The van der Waals surface area contributed by atoms with Crippen molar-refractivity contribution in [2.45, 2.75) is 79.1 Å². The van der Waals surface area contributed by atoms with Crippen molar-refractivity contribution in [1.29, 1.82) is 0 Å². The third-order valence-electron chi connectivity index (χ3n) is 3.94. The minimum absolute atomic E-state index is 0. The monoisotopic (exact) mass is 321 g/mol. The Hall–Kier alpha value is -0.320. The van der Waals surface area contributed by atoms with Gasteiger partial charge in [0.05, 0.1) is 26.2 Å². The van der Waals surface area contributed by atoms with E-state index in [4.69, 9.17) is 0 Å². The molecule has 0 N–H and O–H groups in total. The fourth-order valence-electron chi connectivity index (χ4n) is 2.64. The SMILES string of the molecule is CCCC[N+](CCCC)(CCCC)CCCC.F.F.[F-].[F-].[H+]. The Kier molecular flexibility index (Phi) is 34.1. The molecule has 0 amide bonds. The highest BCUT2D eigenvalue weighted by Crippen LogP contribution is 2.16. The molecule has 0 fully saturated rings. The van der Waals surface area contributed by atoms with Gasteiger partial charge in [0.25, 0.3) is 0 Å². The van der Waals surface area contributed by atoms with Gasteiger partial charge in [-0.05, 0) is 25.7 Å². The Morgan fingerprint density at radius 1 is 0.524 bits per heavy atom. The van der Waals surface area contributed by atoms with E-state index in [-0.39, 0.29) is 20.2 Å². The lowest BCUT2D eigenvalue weighted by Crippen LogP contribution is -3.00. The first-order valence-corrected chi connectivity index (χ1v) is 8.09. The lowest BCUT2D eigenvalue weighted by atomic mass is 10.1. The van der Waals surface area contributed by atoms with E-state index in [0.29, 0.717) is 0 Å². The van der Waals surface area contributed by atoms with Gasteiger partial charge in [0.1, 0.15) is 0 Å². The van der Waals surface area contributed by atoms with E-state index in [1.165, 1.54) is 82.0 Å². The molecule has 0 aliphatic heterocycles. The number of rotatable bonds is 12. The summed E-state index contributed by atoms with van der Waals surface area (Å²) in [7, 11) is 0. The van der Waals surface area contributed by atoms with Gasteiger partial charge in [-0.2, -0.15) is 0 Å². The van der Waals surface area contributed by atoms with Crippen LogP contribution in [0, 0.1) is 0 Å². The Morgan fingerprint density at radius 2 is 0.714 bits per heavy atom. The molecule has 0 aliphatic carbocycles. The zero-order valence-electron chi connectivity index (χ0n) is 15.5. The van der Waals surface area contributed by atoms with Gasteiger partial charge in [0.2, 0.25) is 0 Å². The molecule has 0 aromatic heterocycles. The highest BCUT2D eigenvalue weighted by molar-refractivity contribution is 4.49. The highest BCUT2D eigenvalue weighted by Gasteiger charge is 2.24. The summed E-state index contributed by atoms with van der Waals surface area (Å²) in [4.78, 5) is 0. The normalized spacial score (nSPS) is 9.71. The Balaban J connectivity index is -0.000000128. The quantitative estimate of drug-likeness (QED) is 0.334. The molecule has 0 saturated carbocycles. The van der Waals surface area contributed by atoms with E-state index >= 15 is 0 Å². The minimum atomic E-state index is 0. The van der Waals surface area contributed by atoms with Crippen molar-refractivity contribution in [1.82, 2.24) is 0 Å². The Labute approximate surface area is 131 Å². The minimum Gasteiger partial charge on any atom is -1.00 e. The molecule has 0 aromatic carbocycles. The van der Waals surface area contributed by atoms with Crippen molar-refractivity contribution in [3.05, 3.63) is 0 Å². The maximum atomic E-state index is 2.33. The Morgan fingerprint density at radius 3 is 0.857 bits per heavy atom. The van der Waals surface area contributed by atoms with Crippen molar-refractivity contribution in [3.8, 4) is 0 Å². The summed E-state index contributed by atoms with van der Waals surface area (Å²) in [5, 5.41) is 0. The molecule has 0 heterocycles. The van der Waals surface area contributed by atoms with E-state index in [1.54, 1.807) is 0 Å². The van der Waals surface area contributed by atoms with Gasteiger partial charge >= 0.3 is 1.43 Å². The van der Waals surface area contributed by atoms with Crippen molar-refractivity contribution < 1.29 is 24.7 Å². The summed E-state index contributed by atoms with van der Waals surface area (Å²) in [6.07, 6.45) is 11.1. The van der Waals surface area contributed by atoms with Crippen molar-refractivity contribution >= 4 is 0 Å². The summed E-state index contributed by atoms with van der Waals surface area (Å²) in [5.41, 5.74) is 0. The third kappa shape index (κ3) is 15.9. The standard InChI is InChI=1S/C16H36N.4FH/c1-5-9-13-17(14-10-6-2,15-11-7-3)16-12-8-4;;;;/h5-16H2,1-4H3;4*1H/q+1;;;;/p-1. The second kappa shape index (κ2) is 22.0. The molecule has 136 valence electrons. The van der Waals surface area contributed by atoms with E-state index in [0.717, 1.165) is 0 Å². The van der Waals surface area contributed by atoms with Crippen LogP contribution < -0.4 is 9.41 Å². The molecule has 0 rings (SSSR count). The van der Waals surface area contributed by atoms with Crippen molar-refractivity contribution in [3.63, 3.8) is 0 Å². The first-order valence-electron chi connectivity index (χ1n) is 8.09. The molecule has 0 unspecified atom stereocenters. The summed E-state index contributed by atoms with van der Waals surface area (Å²) in [6.45, 7) is 15.0. The average Bonchev–Trinajstić information content (AvgIpc) is 2.37. The van der Waals surface area contributed by atoms with Crippen LogP contribution in [0.5, 0.6) is 0 Å². The fourth-order valence-corrected chi connectivity index (χ4v) is 2.64. The van der Waals surface area contributed by atoms with Crippen LogP contribution in [0.4, 0.5) is 9.41 Å². The molecule has 0 aliphatic rings. The number of hydrogen-bond acceptors (Lipinski definition) is 0. The predicted octanol–water partition coefficient (Wildman–Crippen LogP) is -0.571. The zero-order valence-corrected chi connectivity index (χ0v) is 14.5. The first kappa shape index (κ1) is 32.6. The smallest absolute Gasteiger partial charge is 1.00 e. The van der Waals surface area contributed by atoms with Gasteiger partial charge < -0.3 is 13.9 Å². The number of hydrogen-bond donors (Lipinski definition) is 0. The molecule has 1 nitrogen and oxygen atoms in total. The highest BCUT2D eigenvalue weighted by atomic mass is 19.0. The van der Waals surface area contributed by atoms with Crippen LogP contribution in [0.15, 0.2) is 0 Å². The van der Waals surface area contributed by atoms with Gasteiger partial charge in [-0.15, -0.1) is 0 Å². The lowest BCUT2D eigenvalue weighted by molar-refractivity contribution is -0.929. The van der Waals surface area contributed by atoms with E-state index in [9.17, 15) is 0 Å². The van der Waals surface area contributed by atoms with Gasteiger partial charge in [0, 0.05) is 0 Å². The van der Waals surface area contributed by atoms with Crippen molar-refractivity contribution in [2.24, 2.45) is 0 Å². The average molecular weight is 321 g/mol. The van der Waals surface area contributed by atoms with Crippen LogP contribution in [0.25, 0.3) is 0 Å². The predicted molar refractivity (Wildman–Crippen MR) is 85.5 cm³/mol. The number of quaternary nitrogens is 1. The molecule has 0 aromatic rings. The maximum absolute atomic E-state index is 2.33.